The topological polar surface area (TPSA) is 40.5 Å². The summed E-state index contributed by atoms with van der Waals surface area (Å²) in [5.74, 6) is 0.122. The summed E-state index contributed by atoms with van der Waals surface area (Å²) in [7, 11) is 0. The first-order valence-corrected chi connectivity index (χ1v) is 6.99. The maximum absolute atomic E-state index is 10.8. The van der Waals surface area contributed by atoms with Crippen LogP contribution < -0.4 is 0 Å². The number of aliphatic carboxylic acids is 1. The van der Waals surface area contributed by atoms with Gasteiger partial charge in [0.1, 0.15) is 0 Å². The number of rotatable bonds is 9. The number of hydrogen-bond acceptors (Lipinski definition) is 2. The lowest BCUT2D eigenvalue weighted by molar-refractivity contribution is -0.138. The molecule has 1 saturated carbocycles. The van der Waals surface area contributed by atoms with Gasteiger partial charge in [-0.1, -0.05) is 33.6 Å². The van der Waals surface area contributed by atoms with Gasteiger partial charge in [0, 0.05) is 13.1 Å². The molecule has 1 aliphatic carbocycles. The monoisotopic (exact) mass is 241 g/mol. The van der Waals surface area contributed by atoms with E-state index in [-0.39, 0.29) is 5.41 Å². The van der Waals surface area contributed by atoms with Crippen LogP contribution >= 0.6 is 0 Å². The van der Waals surface area contributed by atoms with Gasteiger partial charge in [-0.25, -0.2) is 0 Å². The predicted octanol–water partition coefficient (Wildman–Crippen LogP) is 3.00. The highest BCUT2D eigenvalue weighted by atomic mass is 16.4. The summed E-state index contributed by atoms with van der Waals surface area (Å²) in [5.41, 5.74) is 0.105. The van der Waals surface area contributed by atoms with Crippen LogP contribution in [0.15, 0.2) is 0 Å². The summed E-state index contributed by atoms with van der Waals surface area (Å²) in [6, 6.07) is 0. The lowest BCUT2D eigenvalue weighted by atomic mass is 9.99. The molecule has 3 heteroatoms. The van der Waals surface area contributed by atoms with Gasteiger partial charge in [-0.15, -0.1) is 0 Å². The van der Waals surface area contributed by atoms with Gasteiger partial charge in [0.15, 0.2) is 0 Å². The Kier molecular flexibility index (Phi) is 5.44. The molecule has 0 amide bonds. The van der Waals surface area contributed by atoms with Gasteiger partial charge in [-0.05, 0) is 30.7 Å². The number of carbonyl (C=O) groups is 1. The molecular weight excluding hydrogens is 214 g/mol. The molecular formula is C14H27NO2. The normalized spacial score (nSPS) is 17.7. The fourth-order valence-electron chi connectivity index (χ4n) is 2.58. The molecule has 0 aromatic carbocycles. The van der Waals surface area contributed by atoms with Crippen LogP contribution in [0.4, 0.5) is 0 Å². The molecule has 17 heavy (non-hydrogen) atoms. The number of hydrogen-bond donors (Lipinski definition) is 1. The SMILES string of the molecule is CCC(CC)CN(CC)CC1(CC(=O)O)CC1. The maximum Gasteiger partial charge on any atom is 0.303 e. The van der Waals surface area contributed by atoms with E-state index in [4.69, 9.17) is 5.11 Å². The lowest BCUT2D eigenvalue weighted by Crippen LogP contribution is -2.35. The largest absolute Gasteiger partial charge is 0.481 e. The Labute approximate surface area is 105 Å². The van der Waals surface area contributed by atoms with Gasteiger partial charge < -0.3 is 10.0 Å². The molecule has 1 fully saturated rings. The minimum atomic E-state index is -0.638. The molecule has 0 aromatic heterocycles. The zero-order valence-corrected chi connectivity index (χ0v) is 11.5. The van der Waals surface area contributed by atoms with E-state index in [0.29, 0.717) is 6.42 Å². The minimum Gasteiger partial charge on any atom is -0.481 e. The van der Waals surface area contributed by atoms with Crippen LogP contribution in [0.5, 0.6) is 0 Å². The molecule has 1 N–H and O–H groups in total. The molecule has 0 unspecified atom stereocenters. The van der Waals surface area contributed by atoms with E-state index in [1.54, 1.807) is 0 Å². The van der Waals surface area contributed by atoms with Gasteiger partial charge >= 0.3 is 5.97 Å². The van der Waals surface area contributed by atoms with Crippen molar-refractivity contribution in [3.63, 3.8) is 0 Å². The quantitative estimate of drug-likeness (QED) is 0.674. The third kappa shape index (κ3) is 4.66. The van der Waals surface area contributed by atoms with Crippen molar-refractivity contribution in [2.24, 2.45) is 11.3 Å². The molecule has 0 radical (unpaired) electrons. The number of nitrogens with zero attached hydrogens (tertiary/aromatic N) is 1. The van der Waals surface area contributed by atoms with Crippen LogP contribution in [0.2, 0.25) is 0 Å². The molecule has 0 bridgehead atoms. The molecule has 0 atom stereocenters. The summed E-state index contributed by atoms with van der Waals surface area (Å²) < 4.78 is 0. The van der Waals surface area contributed by atoms with Gasteiger partial charge in [0.25, 0.3) is 0 Å². The molecule has 0 aromatic rings. The third-order valence-electron chi connectivity index (χ3n) is 4.16. The summed E-state index contributed by atoms with van der Waals surface area (Å²) in [4.78, 5) is 13.3. The van der Waals surface area contributed by atoms with E-state index in [2.05, 4.69) is 25.7 Å². The van der Waals surface area contributed by atoms with E-state index in [1.165, 1.54) is 12.8 Å². The van der Waals surface area contributed by atoms with E-state index < -0.39 is 5.97 Å². The Morgan fingerprint density at radius 3 is 2.24 bits per heavy atom. The van der Waals surface area contributed by atoms with E-state index in [9.17, 15) is 4.79 Å². The Morgan fingerprint density at radius 2 is 1.88 bits per heavy atom. The van der Waals surface area contributed by atoms with Crippen LogP contribution in [0.25, 0.3) is 0 Å². The van der Waals surface area contributed by atoms with Gasteiger partial charge in [0.2, 0.25) is 0 Å². The van der Waals surface area contributed by atoms with Crippen molar-refractivity contribution >= 4 is 5.97 Å². The highest BCUT2D eigenvalue weighted by Gasteiger charge is 2.45. The van der Waals surface area contributed by atoms with Crippen LogP contribution in [0.3, 0.4) is 0 Å². The van der Waals surface area contributed by atoms with Crippen molar-refractivity contribution < 1.29 is 9.90 Å². The second-order valence-corrected chi connectivity index (χ2v) is 5.58. The zero-order valence-electron chi connectivity index (χ0n) is 11.5. The average Bonchev–Trinajstić information content (AvgIpc) is 3.03. The second-order valence-electron chi connectivity index (χ2n) is 5.58. The molecule has 100 valence electrons. The average molecular weight is 241 g/mol. The smallest absolute Gasteiger partial charge is 0.303 e. The standard InChI is InChI=1S/C14H27NO2/c1-4-12(5-2)10-15(6-3)11-14(7-8-14)9-13(16)17/h12H,4-11H2,1-3H3,(H,16,17). The second kappa shape index (κ2) is 6.39. The van der Waals surface area contributed by atoms with Gasteiger partial charge in [-0.2, -0.15) is 0 Å². The minimum absolute atomic E-state index is 0.105. The summed E-state index contributed by atoms with van der Waals surface area (Å²) >= 11 is 0. The van der Waals surface area contributed by atoms with Crippen molar-refractivity contribution in [2.75, 3.05) is 19.6 Å². The fraction of sp³-hybridized carbons (Fsp3) is 0.929. The molecule has 1 aliphatic rings. The maximum atomic E-state index is 10.8. The van der Waals surface area contributed by atoms with Crippen molar-refractivity contribution in [1.82, 2.24) is 4.90 Å². The van der Waals surface area contributed by atoms with E-state index in [0.717, 1.165) is 38.4 Å². The van der Waals surface area contributed by atoms with Crippen LogP contribution in [0, 0.1) is 11.3 Å². The first-order chi connectivity index (χ1) is 8.05. The molecule has 3 nitrogen and oxygen atoms in total. The summed E-state index contributed by atoms with van der Waals surface area (Å²) in [5, 5.41) is 8.93. The van der Waals surface area contributed by atoms with Crippen LogP contribution in [0.1, 0.15) is 52.9 Å². The molecule has 0 heterocycles. The highest BCUT2D eigenvalue weighted by molar-refractivity contribution is 5.68. The summed E-state index contributed by atoms with van der Waals surface area (Å²) in [6.07, 6.45) is 4.99. The van der Waals surface area contributed by atoms with Crippen molar-refractivity contribution in [1.29, 1.82) is 0 Å². The Balaban J connectivity index is 2.43. The van der Waals surface area contributed by atoms with E-state index >= 15 is 0 Å². The van der Waals surface area contributed by atoms with Crippen LogP contribution in [-0.4, -0.2) is 35.6 Å². The first kappa shape index (κ1) is 14.5. The van der Waals surface area contributed by atoms with Gasteiger partial charge in [0.05, 0.1) is 6.42 Å². The number of carboxylic acid groups (broad SMARTS) is 1. The third-order valence-corrected chi connectivity index (χ3v) is 4.16. The Hall–Kier alpha value is -0.570. The molecule has 0 spiro atoms. The highest BCUT2D eigenvalue weighted by Crippen LogP contribution is 2.49. The van der Waals surface area contributed by atoms with E-state index in [1.807, 2.05) is 0 Å². The lowest BCUT2D eigenvalue weighted by Gasteiger charge is -2.28. The zero-order chi connectivity index (χ0) is 12.9. The fourth-order valence-corrected chi connectivity index (χ4v) is 2.58. The van der Waals surface area contributed by atoms with Crippen molar-refractivity contribution in [3.8, 4) is 0 Å². The van der Waals surface area contributed by atoms with Crippen molar-refractivity contribution in [3.05, 3.63) is 0 Å². The molecule has 1 rings (SSSR count). The first-order valence-electron chi connectivity index (χ1n) is 6.99. The predicted molar refractivity (Wildman–Crippen MR) is 70.1 cm³/mol. The summed E-state index contributed by atoms with van der Waals surface area (Å²) in [6.45, 7) is 9.81. The number of carboxylic acids is 1. The Bertz CT molecular complexity index is 245. The Morgan fingerprint density at radius 1 is 1.29 bits per heavy atom. The van der Waals surface area contributed by atoms with Crippen molar-refractivity contribution in [2.45, 2.75) is 52.9 Å². The molecule has 0 aliphatic heterocycles. The molecule has 0 saturated heterocycles. The van der Waals surface area contributed by atoms with Crippen LogP contribution in [-0.2, 0) is 4.79 Å². The van der Waals surface area contributed by atoms with Gasteiger partial charge in [-0.3, -0.25) is 4.79 Å².